The zero-order valence-electron chi connectivity index (χ0n) is 19.3. The molecule has 12 nitrogen and oxygen atoms in total. The van der Waals surface area contributed by atoms with Gasteiger partial charge in [-0.05, 0) is 32.4 Å². The number of benzene rings is 1. The normalized spacial score (nSPS) is 13.4. The van der Waals surface area contributed by atoms with E-state index < -0.39 is 0 Å². The van der Waals surface area contributed by atoms with E-state index in [4.69, 9.17) is 4.74 Å². The van der Waals surface area contributed by atoms with Crippen LogP contribution in [0.4, 0.5) is 23.3 Å². The lowest BCUT2D eigenvalue weighted by atomic mass is 10.2. The van der Waals surface area contributed by atoms with E-state index in [9.17, 15) is 9.59 Å². The molecule has 0 unspecified atom stereocenters. The second kappa shape index (κ2) is 10.5. The average molecular weight is 486 g/mol. The minimum atomic E-state index is -0.219. The maximum absolute atomic E-state index is 12.6. The second-order valence-corrected chi connectivity index (χ2v) is 8.36. The number of ether oxygens (including phenoxy) is 1. The van der Waals surface area contributed by atoms with Crippen molar-refractivity contribution in [3.8, 4) is 5.75 Å². The van der Waals surface area contributed by atoms with Crippen LogP contribution in [0.2, 0.25) is 0 Å². The summed E-state index contributed by atoms with van der Waals surface area (Å²) in [6, 6.07) is 5.27. The molecule has 34 heavy (non-hydrogen) atoms. The van der Waals surface area contributed by atoms with Crippen LogP contribution >= 0.6 is 11.8 Å². The van der Waals surface area contributed by atoms with E-state index in [1.807, 2.05) is 13.8 Å². The molecule has 2 amide bonds. The van der Waals surface area contributed by atoms with Gasteiger partial charge in [0, 0.05) is 37.8 Å². The smallest absolute Gasteiger partial charge is 0.261 e. The zero-order valence-corrected chi connectivity index (χ0v) is 20.1. The average Bonchev–Trinajstić information content (AvgIpc) is 3.44. The van der Waals surface area contributed by atoms with E-state index in [-0.39, 0.29) is 17.6 Å². The molecular formula is C21H27N9O3S. The molecule has 4 rings (SSSR count). The van der Waals surface area contributed by atoms with E-state index in [0.717, 1.165) is 6.42 Å². The molecule has 0 atom stereocenters. The van der Waals surface area contributed by atoms with Gasteiger partial charge in [-0.2, -0.15) is 9.97 Å². The predicted molar refractivity (Wildman–Crippen MR) is 131 cm³/mol. The molecule has 3 aromatic rings. The van der Waals surface area contributed by atoms with Gasteiger partial charge in [0.1, 0.15) is 5.75 Å². The number of thioether (sulfide) groups is 1. The fourth-order valence-electron chi connectivity index (χ4n) is 3.61. The minimum Gasteiger partial charge on any atom is -0.494 e. The quantitative estimate of drug-likeness (QED) is 0.366. The standard InChI is InChI=1S/C21H27N9O3S/c1-4-22-18-25-19(23-5-2)30-20(26-18)27-28-21(30)34-12-16(31)24-13-8-9-14(15(11-13)33-3)29-10-6-7-17(29)32/h8-9,11H,4-7,10,12H2,1-3H3,(H,24,31)(H2,22,23,25,26,27). The Labute approximate surface area is 200 Å². The van der Waals surface area contributed by atoms with Crippen LogP contribution in [0.3, 0.4) is 0 Å². The molecule has 0 saturated carbocycles. The zero-order chi connectivity index (χ0) is 24.1. The Morgan fingerprint density at radius 3 is 2.71 bits per heavy atom. The van der Waals surface area contributed by atoms with E-state index in [0.29, 0.717) is 66.0 Å². The monoisotopic (exact) mass is 485 g/mol. The summed E-state index contributed by atoms with van der Waals surface area (Å²) >= 11 is 1.23. The predicted octanol–water partition coefficient (Wildman–Crippen LogP) is 2.25. The Hall–Kier alpha value is -3.61. The first-order valence-electron chi connectivity index (χ1n) is 11.1. The molecule has 0 aliphatic carbocycles. The summed E-state index contributed by atoms with van der Waals surface area (Å²) in [7, 11) is 1.54. The van der Waals surface area contributed by atoms with Gasteiger partial charge < -0.3 is 25.6 Å². The van der Waals surface area contributed by atoms with Gasteiger partial charge in [-0.1, -0.05) is 11.8 Å². The van der Waals surface area contributed by atoms with Gasteiger partial charge in [-0.15, -0.1) is 10.2 Å². The van der Waals surface area contributed by atoms with Crippen LogP contribution in [-0.2, 0) is 9.59 Å². The van der Waals surface area contributed by atoms with Crippen LogP contribution in [0.15, 0.2) is 23.4 Å². The summed E-state index contributed by atoms with van der Waals surface area (Å²) in [5, 5.41) is 17.9. The highest BCUT2D eigenvalue weighted by Crippen LogP contribution is 2.34. The van der Waals surface area contributed by atoms with Gasteiger partial charge in [0.2, 0.25) is 23.7 Å². The van der Waals surface area contributed by atoms with Crippen molar-refractivity contribution >= 4 is 52.6 Å². The van der Waals surface area contributed by atoms with Gasteiger partial charge >= 0.3 is 0 Å². The molecule has 180 valence electrons. The summed E-state index contributed by atoms with van der Waals surface area (Å²) in [4.78, 5) is 35.3. The molecule has 1 aliphatic rings. The third-order valence-electron chi connectivity index (χ3n) is 5.08. The van der Waals surface area contributed by atoms with E-state index in [2.05, 4.69) is 36.1 Å². The van der Waals surface area contributed by atoms with Crippen molar-refractivity contribution in [2.24, 2.45) is 0 Å². The number of anilines is 4. The minimum absolute atomic E-state index is 0.0746. The fourth-order valence-corrected chi connectivity index (χ4v) is 4.33. The van der Waals surface area contributed by atoms with Crippen molar-refractivity contribution < 1.29 is 14.3 Å². The number of amides is 2. The number of carbonyl (C=O) groups is 2. The van der Waals surface area contributed by atoms with Crippen molar-refractivity contribution in [3.63, 3.8) is 0 Å². The van der Waals surface area contributed by atoms with Crippen molar-refractivity contribution in [2.45, 2.75) is 31.8 Å². The first-order valence-corrected chi connectivity index (χ1v) is 12.0. The fraction of sp³-hybridized carbons (Fsp3) is 0.429. The Morgan fingerprint density at radius 2 is 2.00 bits per heavy atom. The number of nitrogens with zero attached hydrogens (tertiary/aromatic N) is 6. The largest absolute Gasteiger partial charge is 0.494 e. The number of rotatable bonds is 10. The Bertz CT molecular complexity index is 1200. The van der Waals surface area contributed by atoms with E-state index in [1.54, 1.807) is 34.6 Å². The highest BCUT2D eigenvalue weighted by Gasteiger charge is 2.24. The summed E-state index contributed by atoms with van der Waals surface area (Å²) in [6.07, 6.45) is 1.36. The summed E-state index contributed by atoms with van der Waals surface area (Å²) < 4.78 is 7.15. The van der Waals surface area contributed by atoms with Crippen LogP contribution in [-0.4, -0.2) is 68.9 Å². The van der Waals surface area contributed by atoms with Crippen LogP contribution in [0, 0.1) is 0 Å². The maximum Gasteiger partial charge on any atom is 0.261 e. The number of carbonyl (C=O) groups excluding carboxylic acids is 2. The molecule has 1 fully saturated rings. The summed E-state index contributed by atoms with van der Waals surface area (Å²) in [6.45, 7) is 5.92. The molecule has 1 saturated heterocycles. The van der Waals surface area contributed by atoms with Gasteiger partial charge in [-0.3, -0.25) is 9.59 Å². The van der Waals surface area contributed by atoms with Crippen molar-refractivity contribution in [3.05, 3.63) is 18.2 Å². The molecule has 0 bridgehead atoms. The number of hydrogen-bond acceptors (Lipinski definition) is 10. The van der Waals surface area contributed by atoms with Crippen LogP contribution in [0.25, 0.3) is 5.78 Å². The van der Waals surface area contributed by atoms with Gasteiger partial charge in [-0.25, -0.2) is 4.40 Å². The molecule has 0 radical (unpaired) electrons. The molecule has 1 aliphatic heterocycles. The number of fused-ring (bicyclic) bond motifs is 1. The SMILES string of the molecule is CCNc1nc(NCC)n2c(SCC(=O)Nc3ccc(N4CCCC4=O)c(OC)c3)nnc2n1. The van der Waals surface area contributed by atoms with Crippen LogP contribution < -0.4 is 25.6 Å². The number of methoxy groups -OCH3 is 1. The highest BCUT2D eigenvalue weighted by molar-refractivity contribution is 7.99. The Morgan fingerprint density at radius 1 is 1.18 bits per heavy atom. The lowest BCUT2D eigenvalue weighted by Gasteiger charge is -2.19. The highest BCUT2D eigenvalue weighted by atomic mass is 32.2. The number of hydrogen-bond donors (Lipinski definition) is 3. The number of nitrogens with one attached hydrogen (secondary N) is 3. The lowest BCUT2D eigenvalue weighted by molar-refractivity contribution is -0.117. The molecular weight excluding hydrogens is 458 g/mol. The maximum atomic E-state index is 12.6. The number of aromatic nitrogens is 5. The Kier molecular flexibility index (Phi) is 7.30. The summed E-state index contributed by atoms with van der Waals surface area (Å²) in [5.41, 5.74) is 1.29. The van der Waals surface area contributed by atoms with Gasteiger partial charge in [0.15, 0.2) is 5.16 Å². The molecule has 0 spiro atoms. The Balaban J connectivity index is 1.45. The molecule has 13 heteroatoms. The molecule has 2 aromatic heterocycles. The first-order chi connectivity index (χ1) is 16.5. The second-order valence-electron chi connectivity index (χ2n) is 7.42. The molecule has 3 N–H and O–H groups in total. The van der Waals surface area contributed by atoms with E-state index in [1.165, 1.54) is 11.8 Å². The van der Waals surface area contributed by atoms with Crippen molar-refractivity contribution in [2.75, 3.05) is 53.3 Å². The molecule has 1 aromatic carbocycles. The lowest BCUT2D eigenvalue weighted by Crippen LogP contribution is -2.24. The van der Waals surface area contributed by atoms with Crippen molar-refractivity contribution in [1.29, 1.82) is 0 Å². The van der Waals surface area contributed by atoms with E-state index >= 15 is 0 Å². The third kappa shape index (κ3) is 4.98. The van der Waals surface area contributed by atoms with Crippen molar-refractivity contribution in [1.82, 2.24) is 24.6 Å². The first kappa shape index (κ1) is 23.5. The topological polar surface area (TPSA) is 139 Å². The third-order valence-corrected chi connectivity index (χ3v) is 6.00. The van der Waals surface area contributed by atoms with Crippen LogP contribution in [0.5, 0.6) is 5.75 Å². The van der Waals surface area contributed by atoms with Crippen LogP contribution in [0.1, 0.15) is 26.7 Å². The molecule has 3 heterocycles. The summed E-state index contributed by atoms with van der Waals surface area (Å²) in [5.74, 6) is 1.90. The van der Waals surface area contributed by atoms with Gasteiger partial charge in [0.05, 0.1) is 18.6 Å². The van der Waals surface area contributed by atoms with Gasteiger partial charge in [0.25, 0.3) is 5.78 Å².